The largest absolute Gasteiger partial charge is 0.491 e. The van der Waals surface area contributed by atoms with Crippen molar-refractivity contribution in [1.29, 1.82) is 0 Å². The van der Waals surface area contributed by atoms with Crippen LogP contribution in [0.3, 0.4) is 0 Å². The van der Waals surface area contributed by atoms with E-state index < -0.39 is 0 Å². The smallest absolute Gasteiger partial charge is 0.238 e. The number of aryl methyl sites for hydroxylation is 2. The van der Waals surface area contributed by atoms with Gasteiger partial charge in [-0.3, -0.25) is 4.79 Å². The first-order valence-electron chi connectivity index (χ1n) is 8.27. The van der Waals surface area contributed by atoms with Gasteiger partial charge in [0.15, 0.2) is 0 Å². The molecule has 4 heteroatoms. The van der Waals surface area contributed by atoms with Gasteiger partial charge in [-0.1, -0.05) is 18.2 Å². The minimum atomic E-state index is -0.0435. The van der Waals surface area contributed by atoms with Gasteiger partial charge in [0, 0.05) is 12.2 Å². The van der Waals surface area contributed by atoms with Gasteiger partial charge >= 0.3 is 0 Å². The summed E-state index contributed by atoms with van der Waals surface area (Å²) in [7, 11) is 0. The molecule has 2 rings (SSSR count). The fourth-order valence-corrected chi connectivity index (χ4v) is 2.30. The second kappa shape index (κ2) is 8.50. The molecule has 0 heterocycles. The standard InChI is InChI=1S/C20H26N2O2/c1-14(2)24-19-9-6-17(7-10-19)12-21-13-20(23)22-18-8-5-15(3)16(4)11-18/h5-11,14,21H,12-13H2,1-4H3,(H,22,23). The van der Waals surface area contributed by atoms with Crippen molar-refractivity contribution in [2.24, 2.45) is 0 Å². The average Bonchev–Trinajstić information content (AvgIpc) is 2.52. The normalized spacial score (nSPS) is 10.7. The molecule has 0 saturated heterocycles. The zero-order valence-electron chi connectivity index (χ0n) is 14.8. The number of benzene rings is 2. The Bertz CT molecular complexity index is 679. The van der Waals surface area contributed by atoms with Gasteiger partial charge in [-0.25, -0.2) is 0 Å². The number of ether oxygens (including phenoxy) is 1. The third-order valence-corrected chi connectivity index (χ3v) is 3.70. The van der Waals surface area contributed by atoms with Crippen LogP contribution in [0.2, 0.25) is 0 Å². The van der Waals surface area contributed by atoms with Crippen LogP contribution >= 0.6 is 0 Å². The summed E-state index contributed by atoms with van der Waals surface area (Å²) < 4.78 is 5.61. The quantitative estimate of drug-likeness (QED) is 0.813. The van der Waals surface area contributed by atoms with E-state index in [-0.39, 0.29) is 18.6 Å². The molecule has 0 aliphatic rings. The highest BCUT2D eigenvalue weighted by Gasteiger charge is 2.04. The molecule has 0 radical (unpaired) electrons. The third-order valence-electron chi connectivity index (χ3n) is 3.70. The van der Waals surface area contributed by atoms with Crippen LogP contribution in [0.15, 0.2) is 42.5 Å². The van der Waals surface area contributed by atoms with Gasteiger partial charge in [-0.05, 0) is 68.7 Å². The number of carbonyl (C=O) groups is 1. The van der Waals surface area contributed by atoms with E-state index >= 15 is 0 Å². The lowest BCUT2D eigenvalue weighted by molar-refractivity contribution is -0.115. The molecular weight excluding hydrogens is 300 g/mol. The van der Waals surface area contributed by atoms with Crippen LogP contribution in [0, 0.1) is 13.8 Å². The van der Waals surface area contributed by atoms with Gasteiger partial charge in [0.1, 0.15) is 5.75 Å². The summed E-state index contributed by atoms with van der Waals surface area (Å²) in [5, 5.41) is 6.06. The Morgan fingerprint density at radius 1 is 1.04 bits per heavy atom. The predicted molar refractivity (Wildman–Crippen MR) is 98.5 cm³/mol. The van der Waals surface area contributed by atoms with Gasteiger partial charge in [-0.2, -0.15) is 0 Å². The predicted octanol–water partition coefficient (Wildman–Crippen LogP) is 3.82. The molecule has 0 aliphatic carbocycles. The minimum Gasteiger partial charge on any atom is -0.491 e. The lowest BCUT2D eigenvalue weighted by Crippen LogP contribution is -2.27. The highest BCUT2D eigenvalue weighted by Crippen LogP contribution is 2.15. The van der Waals surface area contributed by atoms with Gasteiger partial charge in [0.2, 0.25) is 5.91 Å². The number of nitrogens with one attached hydrogen (secondary N) is 2. The van der Waals surface area contributed by atoms with Crippen LogP contribution in [0.25, 0.3) is 0 Å². The molecular formula is C20H26N2O2. The zero-order valence-corrected chi connectivity index (χ0v) is 14.8. The summed E-state index contributed by atoms with van der Waals surface area (Å²) in [5.74, 6) is 0.819. The Hall–Kier alpha value is -2.33. The summed E-state index contributed by atoms with van der Waals surface area (Å²) in [6.45, 7) is 9.02. The maximum atomic E-state index is 12.0. The molecule has 0 spiro atoms. The van der Waals surface area contributed by atoms with Gasteiger partial charge < -0.3 is 15.4 Å². The fraction of sp³-hybridized carbons (Fsp3) is 0.350. The monoisotopic (exact) mass is 326 g/mol. The van der Waals surface area contributed by atoms with Crippen molar-refractivity contribution in [3.05, 3.63) is 59.2 Å². The Morgan fingerprint density at radius 2 is 1.75 bits per heavy atom. The molecule has 24 heavy (non-hydrogen) atoms. The molecule has 0 fully saturated rings. The van der Waals surface area contributed by atoms with Crippen molar-refractivity contribution in [2.75, 3.05) is 11.9 Å². The third kappa shape index (κ3) is 5.70. The molecule has 4 nitrogen and oxygen atoms in total. The summed E-state index contributed by atoms with van der Waals surface area (Å²) in [4.78, 5) is 12.0. The second-order valence-corrected chi connectivity index (χ2v) is 6.26. The number of amides is 1. The minimum absolute atomic E-state index is 0.0435. The molecule has 2 aromatic rings. The van der Waals surface area contributed by atoms with Crippen molar-refractivity contribution in [1.82, 2.24) is 5.32 Å². The molecule has 1 amide bonds. The van der Waals surface area contributed by atoms with E-state index in [0.717, 1.165) is 17.0 Å². The molecule has 128 valence electrons. The zero-order chi connectivity index (χ0) is 17.5. The van der Waals surface area contributed by atoms with Crippen molar-refractivity contribution < 1.29 is 9.53 Å². The average molecular weight is 326 g/mol. The first-order chi connectivity index (χ1) is 11.4. The SMILES string of the molecule is Cc1ccc(NC(=O)CNCc2ccc(OC(C)C)cc2)cc1C. The van der Waals surface area contributed by atoms with Gasteiger partial charge in [-0.15, -0.1) is 0 Å². The summed E-state index contributed by atoms with van der Waals surface area (Å²) >= 11 is 0. The highest BCUT2D eigenvalue weighted by molar-refractivity contribution is 5.92. The first-order valence-corrected chi connectivity index (χ1v) is 8.27. The summed E-state index contributed by atoms with van der Waals surface area (Å²) in [5.41, 5.74) is 4.34. The van der Waals surface area contributed by atoms with Gasteiger partial charge in [0.05, 0.1) is 12.6 Å². The van der Waals surface area contributed by atoms with Gasteiger partial charge in [0.25, 0.3) is 0 Å². The van der Waals surface area contributed by atoms with Crippen LogP contribution < -0.4 is 15.4 Å². The van der Waals surface area contributed by atoms with Crippen LogP contribution in [0.1, 0.15) is 30.5 Å². The van der Waals surface area contributed by atoms with E-state index in [1.54, 1.807) is 0 Å². The fourth-order valence-electron chi connectivity index (χ4n) is 2.30. The van der Waals surface area contributed by atoms with Crippen molar-refractivity contribution in [2.45, 2.75) is 40.3 Å². The summed E-state index contributed by atoms with van der Waals surface area (Å²) in [6, 6.07) is 13.8. The number of carbonyl (C=O) groups excluding carboxylic acids is 1. The van der Waals surface area contributed by atoms with E-state index in [9.17, 15) is 4.79 Å². The van der Waals surface area contributed by atoms with Crippen LogP contribution in [0.5, 0.6) is 5.75 Å². The number of hydrogen-bond donors (Lipinski definition) is 2. The van der Waals surface area contributed by atoms with Crippen molar-refractivity contribution >= 4 is 11.6 Å². The van der Waals surface area contributed by atoms with E-state index in [4.69, 9.17) is 4.74 Å². The Morgan fingerprint density at radius 3 is 2.38 bits per heavy atom. The summed E-state index contributed by atoms with van der Waals surface area (Å²) in [6.07, 6.45) is 0.170. The van der Waals surface area contributed by atoms with E-state index in [1.807, 2.05) is 63.2 Å². The van der Waals surface area contributed by atoms with Crippen LogP contribution in [0.4, 0.5) is 5.69 Å². The number of anilines is 1. The lowest BCUT2D eigenvalue weighted by atomic mass is 10.1. The molecule has 0 aliphatic heterocycles. The molecule has 2 N–H and O–H groups in total. The second-order valence-electron chi connectivity index (χ2n) is 6.26. The Balaban J connectivity index is 1.76. The highest BCUT2D eigenvalue weighted by atomic mass is 16.5. The molecule has 0 atom stereocenters. The maximum absolute atomic E-state index is 12.0. The Kier molecular flexibility index (Phi) is 6.38. The van der Waals surface area contributed by atoms with Crippen molar-refractivity contribution in [3.8, 4) is 5.75 Å². The Labute approximate surface area is 144 Å². The lowest BCUT2D eigenvalue weighted by Gasteiger charge is -2.11. The molecule has 0 bridgehead atoms. The molecule has 2 aromatic carbocycles. The molecule has 0 saturated carbocycles. The van der Waals surface area contributed by atoms with Crippen molar-refractivity contribution in [3.63, 3.8) is 0 Å². The van der Waals surface area contributed by atoms with E-state index in [0.29, 0.717) is 6.54 Å². The molecule has 0 aromatic heterocycles. The van der Waals surface area contributed by atoms with Crippen LogP contribution in [-0.2, 0) is 11.3 Å². The topological polar surface area (TPSA) is 50.4 Å². The number of hydrogen-bond acceptors (Lipinski definition) is 3. The molecule has 0 unspecified atom stereocenters. The van der Waals surface area contributed by atoms with E-state index in [2.05, 4.69) is 17.6 Å². The van der Waals surface area contributed by atoms with Crippen LogP contribution in [-0.4, -0.2) is 18.6 Å². The number of rotatable bonds is 7. The first kappa shape index (κ1) is 18.0. The van der Waals surface area contributed by atoms with E-state index in [1.165, 1.54) is 11.1 Å². The maximum Gasteiger partial charge on any atom is 0.238 e.